The van der Waals surface area contributed by atoms with Gasteiger partial charge in [0.1, 0.15) is 5.65 Å². The fourth-order valence-corrected chi connectivity index (χ4v) is 2.74. The number of pyridine rings is 2. The van der Waals surface area contributed by atoms with Gasteiger partial charge in [-0.25, -0.2) is 4.98 Å². The summed E-state index contributed by atoms with van der Waals surface area (Å²) in [6.07, 6.45) is 5.85. The molecule has 0 bridgehead atoms. The molecule has 0 saturated heterocycles. The van der Waals surface area contributed by atoms with E-state index in [1.54, 1.807) is 18.2 Å². The van der Waals surface area contributed by atoms with Gasteiger partial charge in [0.2, 0.25) is 5.91 Å². The molecule has 25 heavy (non-hydrogen) atoms. The minimum Gasteiger partial charge on any atom is -0.383 e. The molecule has 1 amide bonds. The lowest BCUT2D eigenvalue weighted by Crippen LogP contribution is -2.34. The van der Waals surface area contributed by atoms with Crippen molar-refractivity contribution in [3.63, 3.8) is 0 Å². The third-order valence-electron chi connectivity index (χ3n) is 4.06. The Balaban J connectivity index is 1.75. The van der Waals surface area contributed by atoms with E-state index in [0.717, 1.165) is 22.6 Å². The first kappa shape index (κ1) is 17.1. The number of carbonyl (C=O) groups is 1. The molecule has 3 rings (SSSR count). The fraction of sp³-hybridized carbons (Fsp3) is 0.316. The van der Waals surface area contributed by atoms with Crippen molar-refractivity contribution < 1.29 is 9.53 Å². The van der Waals surface area contributed by atoms with E-state index in [2.05, 4.69) is 9.97 Å². The number of imidazole rings is 1. The van der Waals surface area contributed by atoms with Gasteiger partial charge in [-0.2, -0.15) is 0 Å². The van der Waals surface area contributed by atoms with E-state index in [4.69, 9.17) is 4.74 Å². The molecule has 0 spiro atoms. The highest BCUT2D eigenvalue weighted by Crippen LogP contribution is 2.12. The van der Waals surface area contributed by atoms with Crippen LogP contribution in [-0.4, -0.2) is 45.4 Å². The van der Waals surface area contributed by atoms with Crippen LogP contribution < -0.4 is 0 Å². The Labute approximate surface area is 147 Å². The minimum atomic E-state index is 0.0174. The smallest absolute Gasteiger partial charge is 0.229 e. The molecular weight excluding hydrogens is 316 g/mol. The molecule has 3 aromatic heterocycles. The van der Waals surface area contributed by atoms with Gasteiger partial charge in [-0.05, 0) is 30.7 Å². The van der Waals surface area contributed by atoms with Gasteiger partial charge < -0.3 is 14.0 Å². The van der Waals surface area contributed by atoms with Crippen molar-refractivity contribution in [2.75, 3.05) is 20.3 Å². The number of hydrogen-bond donors (Lipinski definition) is 0. The summed E-state index contributed by atoms with van der Waals surface area (Å²) in [6, 6.07) is 9.69. The van der Waals surface area contributed by atoms with Crippen LogP contribution in [-0.2, 0) is 22.5 Å². The van der Waals surface area contributed by atoms with E-state index in [1.165, 1.54) is 0 Å². The van der Waals surface area contributed by atoms with Gasteiger partial charge in [-0.1, -0.05) is 12.1 Å². The zero-order valence-electron chi connectivity index (χ0n) is 14.6. The van der Waals surface area contributed by atoms with Crippen molar-refractivity contribution in [2.45, 2.75) is 19.9 Å². The Hall–Kier alpha value is -2.73. The summed E-state index contributed by atoms with van der Waals surface area (Å²) < 4.78 is 7.09. The first-order chi connectivity index (χ1) is 12.2. The molecule has 0 aliphatic heterocycles. The van der Waals surface area contributed by atoms with Gasteiger partial charge in [0, 0.05) is 32.2 Å². The van der Waals surface area contributed by atoms with Crippen LogP contribution in [0.2, 0.25) is 0 Å². The van der Waals surface area contributed by atoms with Gasteiger partial charge in [-0.3, -0.25) is 9.78 Å². The molecule has 3 aromatic rings. The van der Waals surface area contributed by atoms with Gasteiger partial charge >= 0.3 is 0 Å². The average molecular weight is 338 g/mol. The van der Waals surface area contributed by atoms with E-state index < -0.39 is 0 Å². The Bertz CT molecular complexity index is 845. The van der Waals surface area contributed by atoms with E-state index in [1.807, 2.05) is 54.0 Å². The van der Waals surface area contributed by atoms with Crippen LogP contribution >= 0.6 is 0 Å². The number of fused-ring (bicyclic) bond motifs is 1. The normalized spacial score (nSPS) is 11.0. The highest BCUT2D eigenvalue weighted by Gasteiger charge is 2.17. The number of nitrogens with zero attached hydrogens (tertiary/aromatic N) is 4. The molecule has 0 saturated carbocycles. The monoisotopic (exact) mass is 338 g/mol. The molecule has 130 valence electrons. The zero-order chi connectivity index (χ0) is 17.6. The van der Waals surface area contributed by atoms with Crippen LogP contribution in [0.25, 0.3) is 5.65 Å². The first-order valence-corrected chi connectivity index (χ1v) is 8.27. The highest BCUT2D eigenvalue weighted by atomic mass is 16.5. The minimum absolute atomic E-state index is 0.0174. The number of ether oxygens (including phenoxy) is 1. The lowest BCUT2D eigenvalue weighted by Gasteiger charge is -2.21. The molecule has 0 aromatic carbocycles. The van der Waals surface area contributed by atoms with Crippen LogP contribution in [0.3, 0.4) is 0 Å². The predicted molar refractivity (Wildman–Crippen MR) is 95.2 cm³/mol. The molecule has 6 heteroatoms. The highest BCUT2D eigenvalue weighted by molar-refractivity contribution is 5.78. The quantitative estimate of drug-likeness (QED) is 0.663. The van der Waals surface area contributed by atoms with Crippen LogP contribution in [0.1, 0.15) is 17.0 Å². The summed E-state index contributed by atoms with van der Waals surface area (Å²) in [5.74, 6) is 0.0174. The summed E-state index contributed by atoms with van der Waals surface area (Å²) in [5, 5.41) is 0. The zero-order valence-corrected chi connectivity index (χ0v) is 14.6. The van der Waals surface area contributed by atoms with Crippen molar-refractivity contribution in [3.05, 3.63) is 65.9 Å². The predicted octanol–water partition coefficient (Wildman–Crippen LogP) is 2.26. The summed E-state index contributed by atoms with van der Waals surface area (Å²) in [4.78, 5) is 23.4. The number of methoxy groups -OCH3 is 1. The maximum Gasteiger partial charge on any atom is 0.229 e. The molecule has 0 atom stereocenters. The summed E-state index contributed by atoms with van der Waals surface area (Å²) in [6.45, 7) is 3.50. The van der Waals surface area contributed by atoms with Gasteiger partial charge in [0.05, 0.1) is 31.0 Å². The first-order valence-electron chi connectivity index (χ1n) is 8.27. The van der Waals surface area contributed by atoms with Gasteiger partial charge in [0.25, 0.3) is 0 Å². The summed E-state index contributed by atoms with van der Waals surface area (Å²) in [5.41, 5.74) is 3.60. The van der Waals surface area contributed by atoms with Gasteiger partial charge in [0.15, 0.2) is 0 Å². The fourth-order valence-electron chi connectivity index (χ4n) is 2.74. The van der Waals surface area contributed by atoms with Crippen LogP contribution in [0.4, 0.5) is 0 Å². The van der Waals surface area contributed by atoms with Gasteiger partial charge in [-0.15, -0.1) is 0 Å². The number of amides is 1. The molecular formula is C19H22N4O2. The number of aromatic nitrogens is 3. The van der Waals surface area contributed by atoms with E-state index in [9.17, 15) is 4.79 Å². The second-order valence-corrected chi connectivity index (χ2v) is 5.96. The second kappa shape index (κ2) is 7.90. The van der Waals surface area contributed by atoms with Crippen LogP contribution in [0, 0.1) is 6.92 Å². The average Bonchev–Trinajstić information content (AvgIpc) is 3.03. The number of rotatable bonds is 7. The molecule has 3 heterocycles. The van der Waals surface area contributed by atoms with E-state index >= 15 is 0 Å². The van der Waals surface area contributed by atoms with Crippen molar-refractivity contribution in [1.29, 1.82) is 0 Å². The van der Waals surface area contributed by atoms with Crippen molar-refractivity contribution in [1.82, 2.24) is 19.3 Å². The Kier molecular flexibility index (Phi) is 5.40. The maximum absolute atomic E-state index is 12.8. The van der Waals surface area contributed by atoms with E-state index in [-0.39, 0.29) is 12.3 Å². The maximum atomic E-state index is 12.8. The Morgan fingerprint density at radius 3 is 2.84 bits per heavy atom. The number of aryl methyl sites for hydroxylation is 1. The summed E-state index contributed by atoms with van der Waals surface area (Å²) >= 11 is 0. The van der Waals surface area contributed by atoms with Crippen molar-refractivity contribution >= 4 is 11.6 Å². The SMILES string of the molecule is COCCN(Cc1ccccn1)C(=O)Cc1cn2cccc(C)c2n1. The molecule has 0 aliphatic carbocycles. The molecule has 6 nitrogen and oxygen atoms in total. The molecule has 0 fully saturated rings. The van der Waals surface area contributed by atoms with Crippen molar-refractivity contribution in [3.8, 4) is 0 Å². The molecule has 0 unspecified atom stereocenters. The molecule has 0 aliphatic rings. The Morgan fingerprint density at radius 1 is 1.24 bits per heavy atom. The second-order valence-electron chi connectivity index (χ2n) is 5.96. The van der Waals surface area contributed by atoms with E-state index in [0.29, 0.717) is 19.7 Å². The largest absolute Gasteiger partial charge is 0.383 e. The molecule has 0 radical (unpaired) electrons. The number of carbonyl (C=O) groups excluding carboxylic acids is 1. The Morgan fingerprint density at radius 2 is 2.12 bits per heavy atom. The topological polar surface area (TPSA) is 59.7 Å². The number of hydrogen-bond acceptors (Lipinski definition) is 4. The third kappa shape index (κ3) is 4.22. The summed E-state index contributed by atoms with van der Waals surface area (Å²) in [7, 11) is 1.63. The third-order valence-corrected chi connectivity index (χ3v) is 4.06. The lowest BCUT2D eigenvalue weighted by atomic mass is 10.2. The van der Waals surface area contributed by atoms with Crippen LogP contribution in [0.5, 0.6) is 0 Å². The van der Waals surface area contributed by atoms with Crippen LogP contribution in [0.15, 0.2) is 48.9 Å². The molecule has 0 N–H and O–H groups in total. The van der Waals surface area contributed by atoms with Crippen molar-refractivity contribution in [2.24, 2.45) is 0 Å². The lowest BCUT2D eigenvalue weighted by molar-refractivity contribution is -0.131. The standard InChI is InChI=1S/C19H22N4O2/c1-15-6-5-9-23-14-17(21-19(15)23)12-18(24)22(10-11-25-2)13-16-7-3-4-8-20-16/h3-9,14H,10-13H2,1-2H3.